The summed E-state index contributed by atoms with van der Waals surface area (Å²) in [6.07, 6.45) is 1.07. The fraction of sp³-hybridized carbons (Fsp3) is 0.273. The van der Waals surface area contributed by atoms with Gasteiger partial charge in [-0.15, -0.1) is 0 Å². The van der Waals surface area contributed by atoms with Gasteiger partial charge in [0.05, 0.1) is 22.9 Å². The van der Waals surface area contributed by atoms with Crippen molar-refractivity contribution in [2.75, 3.05) is 5.32 Å². The first-order chi connectivity index (χ1) is 13.5. The summed E-state index contributed by atoms with van der Waals surface area (Å²) < 4.78 is 13.8. The number of benzene rings is 2. The molecule has 0 aliphatic carbocycles. The van der Waals surface area contributed by atoms with Crippen molar-refractivity contribution >= 4 is 22.5 Å². The van der Waals surface area contributed by atoms with E-state index in [1.807, 2.05) is 47.1 Å². The fourth-order valence-corrected chi connectivity index (χ4v) is 4.76. The van der Waals surface area contributed by atoms with E-state index in [0.29, 0.717) is 30.2 Å². The van der Waals surface area contributed by atoms with E-state index in [1.54, 1.807) is 0 Å². The Bertz CT molecular complexity index is 1060. The number of carbonyl (C=O) groups is 1. The molecule has 2 heterocycles. The van der Waals surface area contributed by atoms with E-state index in [0.717, 1.165) is 33.6 Å². The minimum absolute atomic E-state index is 0.0595. The van der Waals surface area contributed by atoms with Gasteiger partial charge in [-0.3, -0.25) is 9.00 Å². The number of carbonyl (C=O) groups excluding carboxylic acids is 1. The molecule has 3 aromatic rings. The van der Waals surface area contributed by atoms with Crippen molar-refractivity contribution in [3.05, 3.63) is 76.5 Å². The molecular weight excluding hydrogens is 370 g/mol. The number of aryl methyl sites for hydroxylation is 2. The van der Waals surface area contributed by atoms with Crippen molar-refractivity contribution in [2.24, 2.45) is 0 Å². The molecule has 5 nitrogen and oxygen atoms in total. The van der Waals surface area contributed by atoms with Gasteiger partial charge in [-0.05, 0) is 43.0 Å². The predicted octanol–water partition coefficient (Wildman–Crippen LogP) is 3.82. The zero-order chi connectivity index (χ0) is 19.7. The highest BCUT2D eigenvalue weighted by Crippen LogP contribution is 2.32. The summed E-state index contributed by atoms with van der Waals surface area (Å²) in [6, 6.07) is 16.0. The lowest BCUT2D eigenvalue weighted by molar-refractivity contribution is -0.116. The lowest BCUT2D eigenvalue weighted by Gasteiger charge is -2.14. The summed E-state index contributed by atoms with van der Waals surface area (Å²) in [7, 11) is -0.948. The van der Waals surface area contributed by atoms with E-state index < -0.39 is 10.8 Å². The van der Waals surface area contributed by atoms with Crippen molar-refractivity contribution in [2.45, 2.75) is 38.2 Å². The molecule has 1 aromatic heterocycles. The second kappa shape index (κ2) is 7.72. The third-order valence-electron chi connectivity index (χ3n) is 5.22. The van der Waals surface area contributed by atoms with Gasteiger partial charge in [-0.1, -0.05) is 42.5 Å². The minimum Gasteiger partial charge on any atom is -0.310 e. The molecule has 6 heteroatoms. The second-order valence-electron chi connectivity index (χ2n) is 7.17. The Morgan fingerprint density at radius 1 is 1.11 bits per heavy atom. The summed E-state index contributed by atoms with van der Waals surface area (Å²) in [4.78, 5) is 12.7. The summed E-state index contributed by atoms with van der Waals surface area (Å²) in [5.74, 6) is 1.48. The van der Waals surface area contributed by atoms with Crippen LogP contribution in [0.3, 0.4) is 0 Å². The number of amides is 1. The van der Waals surface area contributed by atoms with Gasteiger partial charge >= 0.3 is 0 Å². The fourth-order valence-electron chi connectivity index (χ4n) is 3.49. The molecule has 0 spiro atoms. The van der Waals surface area contributed by atoms with Gasteiger partial charge in [0.15, 0.2) is 0 Å². The molecule has 0 saturated heterocycles. The number of aromatic nitrogens is 2. The highest BCUT2D eigenvalue weighted by Gasteiger charge is 2.28. The normalized spacial score (nSPS) is 15.4. The van der Waals surface area contributed by atoms with E-state index in [9.17, 15) is 9.00 Å². The zero-order valence-corrected chi connectivity index (χ0v) is 16.9. The molecule has 1 aliphatic rings. The van der Waals surface area contributed by atoms with Gasteiger partial charge in [-0.25, -0.2) is 4.68 Å². The smallest absolute Gasteiger partial charge is 0.225 e. The van der Waals surface area contributed by atoms with Crippen LogP contribution >= 0.6 is 0 Å². The summed E-state index contributed by atoms with van der Waals surface area (Å²) in [6.45, 7) is 4.11. The van der Waals surface area contributed by atoms with Crippen LogP contribution in [0.4, 0.5) is 5.82 Å². The van der Waals surface area contributed by atoms with Crippen LogP contribution in [-0.4, -0.2) is 19.9 Å². The van der Waals surface area contributed by atoms with Crippen LogP contribution in [0.5, 0.6) is 0 Å². The quantitative estimate of drug-likeness (QED) is 0.717. The van der Waals surface area contributed by atoms with Crippen molar-refractivity contribution < 1.29 is 9.00 Å². The molecule has 0 bridgehead atoms. The molecule has 4 rings (SSSR count). The Balaban J connectivity index is 1.63. The Hall–Kier alpha value is -2.73. The zero-order valence-electron chi connectivity index (χ0n) is 16.1. The van der Waals surface area contributed by atoms with Gasteiger partial charge in [0.1, 0.15) is 5.82 Å². The Kier molecular flexibility index (Phi) is 5.13. The molecular formula is C22H23N3O2S. The first-order valence-corrected chi connectivity index (χ1v) is 10.9. The molecule has 1 amide bonds. The van der Waals surface area contributed by atoms with Crippen molar-refractivity contribution in [1.29, 1.82) is 0 Å². The molecule has 2 aromatic carbocycles. The van der Waals surface area contributed by atoms with Crippen molar-refractivity contribution in [3.8, 4) is 5.69 Å². The number of nitrogens with one attached hydrogen (secondary N) is 1. The van der Waals surface area contributed by atoms with Gasteiger partial charge in [0.2, 0.25) is 5.91 Å². The third-order valence-corrected chi connectivity index (χ3v) is 6.42. The van der Waals surface area contributed by atoms with Crippen LogP contribution in [0.15, 0.2) is 48.5 Å². The SMILES string of the molecule is Cc1cccc(-n2nc3c(c2NC(=O)CCc2ccccc2)CS(=O)C3)c1C. The maximum absolute atomic E-state index is 12.7. The molecule has 1 unspecified atom stereocenters. The first-order valence-electron chi connectivity index (χ1n) is 9.39. The van der Waals surface area contributed by atoms with Gasteiger partial charge in [0, 0.05) is 22.8 Å². The van der Waals surface area contributed by atoms with Crippen LogP contribution in [0, 0.1) is 13.8 Å². The van der Waals surface area contributed by atoms with E-state index in [1.165, 1.54) is 0 Å². The van der Waals surface area contributed by atoms with Gasteiger partial charge < -0.3 is 5.32 Å². The van der Waals surface area contributed by atoms with Crippen LogP contribution in [0.2, 0.25) is 0 Å². The maximum atomic E-state index is 12.7. The molecule has 0 fully saturated rings. The average molecular weight is 394 g/mol. The number of hydrogen-bond acceptors (Lipinski definition) is 3. The molecule has 1 N–H and O–H groups in total. The second-order valence-corrected chi connectivity index (χ2v) is 8.62. The predicted molar refractivity (Wildman–Crippen MR) is 112 cm³/mol. The summed E-state index contributed by atoms with van der Waals surface area (Å²) in [5.41, 5.74) is 6.07. The number of nitrogens with zero attached hydrogens (tertiary/aromatic N) is 2. The molecule has 1 aliphatic heterocycles. The lowest BCUT2D eigenvalue weighted by Crippen LogP contribution is -2.17. The minimum atomic E-state index is -0.948. The van der Waals surface area contributed by atoms with Gasteiger partial charge in [0.25, 0.3) is 0 Å². The number of fused-ring (bicyclic) bond motifs is 1. The van der Waals surface area contributed by atoms with E-state index in [-0.39, 0.29) is 5.91 Å². The molecule has 28 heavy (non-hydrogen) atoms. The topological polar surface area (TPSA) is 64.0 Å². The summed E-state index contributed by atoms with van der Waals surface area (Å²) >= 11 is 0. The largest absolute Gasteiger partial charge is 0.310 e. The van der Waals surface area contributed by atoms with Crippen LogP contribution in [0.25, 0.3) is 5.69 Å². The molecule has 0 saturated carbocycles. The monoisotopic (exact) mass is 393 g/mol. The number of rotatable bonds is 5. The lowest BCUT2D eigenvalue weighted by atomic mass is 10.1. The van der Waals surface area contributed by atoms with E-state index in [4.69, 9.17) is 5.10 Å². The van der Waals surface area contributed by atoms with Crippen molar-refractivity contribution in [1.82, 2.24) is 9.78 Å². The average Bonchev–Trinajstić information content (AvgIpc) is 3.20. The van der Waals surface area contributed by atoms with Crippen LogP contribution < -0.4 is 5.32 Å². The van der Waals surface area contributed by atoms with Gasteiger partial charge in [-0.2, -0.15) is 5.10 Å². The van der Waals surface area contributed by atoms with E-state index in [2.05, 4.69) is 25.2 Å². The van der Waals surface area contributed by atoms with Crippen molar-refractivity contribution in [3.63, 3.8) is 0 Å². The number of anilines is 1. The standard InChI is InChI=1S/C22H23N3O2S/c1-15-7-6-10-20(16(15)2)25-22(18-13-28(27)14-19(18)24-25)23-21(26)12-11-17-8-4-3-5-9-17/h3-10H,11-14H2,1-2H3,(H,23,26). The Morgan fingerprint density at radius 3 is 2.68 bits per heavy atom. The highest BCUT2D eigenvalue weighted by atomic mass is 32.2. The van der Waals surface area contributed by atoms with Crippen LogP contribution in [0.1, 0.15) is 34.4 Å². The molecule has 1 atom stereocenters. The van der Waals surface area contributed by atoms with E-state index >= 15 is 0 Å². The maximum Gasteiger partial charge on any atom is 0.225 e. The Labute approximate surface area is 167 Å². The molecule has 0 radical (unpaired) electrons. The summed E-state index contributed by atoms with van der Waals surface area (Å²) in [5, 5.41) is 7.75. The third kappa shape index (κ3) is 3.64. The molecule has 144 valence electrons. The van der Waals surface area contributed by atoms with Crippen LogP contribution in [-0.2, 0) is 33.5 Å². The highest BCUT2D eigenvalue weighted by molar-refractivity contribution is 7.83. The Morgan fingerprint density at radius 2 is 1.89 bits per heavy atom. The number of hydrogen-bond donors (Lipinski definition) is 1. The first kappa shape index (κ1) is 18.6.